The molecule has 0 bridgehead atoms. The highest BCUT2D eigenvalue weighted by molar-refractivity contribution is 6.33. The van der Waals surface area contributed by atoms with Gasteiger partial charge in [0.15, 0.2) is 0 Å². The number of carbonyl (C=O) groups excluding carboxylic acids is 1. The van der Waals surface area contributed by atoms with Crippen molar-refractivity contribution < 1.29 is 9.18 Å². The summed E-state index contributed by atoms with van der Waals surface area (Å²) in [5, 5.41) is 5.95. The smallest absolute Gasteiger partial charge is 0.243 e. The molecule has 20 heavy (non-hydrogen) atoms. The summed E-state index contributed by atoms with van der Waals surface area (Å²) in [6, 6.07) is 11.5. The van der Waals surface area contributed by atoms with Gasteiger partial charge in [0, 0.05) is 0 Å². The van der Waals surface area contributed by atoms with Gasteiger partial charge >= 0.3 is 0 Å². The number of anilines is 2. The number of aryl methyl sites for hydroxylation is 1. The topological polar surface area (TPSA) is 41.1 Å². The van der Waals surface area contributed by atoms with Crippen molar-refractivity contribution >= 4 is 28.9 Å². The molecule has 0 aliphatic carbocycles. The first kappa shape index (κ1) is 14.3. The minimum absolute atomic E-state index is 0.0110. The van der Waals surface area contributed by atoms with Crippen LogP contribution in [0, 0.1) is 12.7 Å². The maximum atomic E-state index is 13.4. The third kappa shape index (κ3) is 3.71. The maximum Gasteiger partial charge on any atom is 0.243 e. The monoisotopic (exact) mass is 292 g/mol. The molecule has 0 saturated heterocycles. The second-order valence-corrected chi connectivity index (χ2v) is 4.77. The molecule has 5 heteroatoms. The van der Waals surface area contributed by atoms with Crippen LogP contribution in [-0.2, 0) is 4.79 Å². The van der Waals surface area contributed by atoms with E-state index in [0.717, 1.165) is 5.56 Å². The molecule has 2 aromatic rings. The van der Waals surface area contributed by atoms with Crippen molar-refractivity contribution in [3.8, 4) is 0 Å². The zero-order valence-electron chi connectivity index (χ0n) is 10.9. The van der Waals surface area contributed by atoms with Crippen LogP contribution in [0.25, 0.3) is 0 Å². The normalized spacial score (nSPS) is 10.2. The van der Waals surface area contributed by atoms with Gasteiger partial charge in [-0.05, 0) is 36.8 Å². The van der Waals surface area contributed by atoms with Crippen molar-refractivity contribution in [1.29, 1.82) is 0 Å². The molecule has 0 aliphatic heterocycles. The minimum Gasteiger partial charge on any atom is -0.375 e. The van der Waals surface area contributed by atoms with Crippen molar-refractivity contribution in [2.75, 3.05) is 17.2 Å². The molecule has 0 spiro atoms. The fourth-order valence-electron chi connectivity index (χ4n) is 1.70. The van der Waals surface area contributed by atoms with Crippen LogP contribution >= 0.6 is 11.6 Å². The van der Waals surface area contributed by atoms with Crippen molar-refractivity contribution in [1.82, 2.24) is 0 Å². The van der Waals surface area contributed by atoms with E-state index in [1.807, 2.05) is 13.0 Å². The number of carbonyl (C=O) groups is 1. The summed E-state index contributed by atoms with van der Waals surface area (Å²) < 4.78 is 13.4. The van der Waals surface area contributed by atoms with Gasteiger partial charge in [-0.2, -0.15) is 0 Å². The second kappa shape index (κ2) is 6.39. The van der Waals surface area contributed by atoms with Crippen LogP contribution in [-0.4, -0.2) is 12.5 Å². The van der Waals surface area contributed by atoms with Gasteiger partial charge in [-0.15, -0.1) is 0 Å². The fraction of sp³-hybridized carbons (Fsp3) is 0.133. The number of rotatable bonds is 4. The lowest BCUT2D eigenvalue weighted by Gasteiger charge is -2.10. The van der Waals surface area contributed by atoms with E-state index in [-0.39, 0.29) is 18.1 Å². The van der Waals surface area contributed by atoms with E-state index < -0.39 is 5.82 Å². The lowest BCUT2D eigenvalue weighted by molar-refractivity contribution is -0.114. The summed E-state index contributed by atoms with van der Waals surface area (Å²) in [5.41, 5.74) is 1.87. The Bertz CT molecular complexity index is 631. The zero-order valence-corrected chi connectivity index (χ0v) is 11.7. The van der Waals surface area contributed by atoms with Gasteiger partial charge < -0.3 is 10.6 Å². The van der Waals surface area contributed by atoms with Crippen molar-refractivity contribution in [2.24, 2.45) is 0 Å². The van der Waals surface area contributed by atoms with Crippen LogP contribution in [0.3, 0.4) is 0 Å². The maximum absolute atomic E-state index is 13.4. The second-order valence-electron chi connectivity index (χ2n) is 4.36. The number of para-hydroxylation sites is 1. The average molecular weight is 293 g/mol. The summed E-state index contributed by atoms with van der Waals surface area (Å²) in [7, 11) is 0. The van der Waals surface area contributed by atoms with Gasteiger partial charge in [0.05, 0.1) is 22.9 Å². The van der Waals surface area contributed by atoms with E-state index in [9.17, 15) is 9.18 Å². The van der Waals surface area contributed by atoms with Crippen LogP contribution in [0.2, 0.25) is 5.02 Å². The van der Waals surface area contributed by atoms with Gasteiger partial charge in [-0.3, -0.25) is 4.79 Å². The molecule has 0 aromatic heterocycles. The molecule has 0 fully saturated rings. The molecule has 0 heterocycles. The van der Waals surface area contributed by atoms with Crippen LogP contribution in [0.15, 0.2) is 42.5 Å². The molecule has 0 saturated carbocycles. The van der Waals surface area contributed by atoms with E-state index >= 15 is 0 Å². The Morgan fingerprint density at radius 3 is 2.65 bits per heavy atom. The van der Waals surface area contributed by atoms with Crippen LogP contribution in [0.4, 0.5) is 15.8 Å². The Morgan fingerprint density at radius 1 is 1.20 bits per heavy atom. The molecule has 0 atom stereocenters. The van der Waals surface area contributed by atoms with Gasteiger partial charge in [-0.1, -0.05) is 29.8 Å². The van der Waals surface area contributed by atoms with Gasteiger partial charge in [0.1, 0.15) is 5.82 Å². The average Bonchev–Trinajstić information content (AvgIpc) is 2.40. The zero-order chi connectivity index (χ0) is 14.5. The van der Waals surface area contributed by atoms with E-state index in [0.29, 0.717) is 10.7 Å². The third-order valence-corrected chi connectivity index (χ3v) is 3.02. The highest BCUT2D eigenvalue weighted by Gasteiger charge is 2.07. The lowest BCUT2D eigenvalue weighted by atomic mass is 10.2. The Morgan fingerprint density at radius 2 is 1.95 bits per heavy atom. The molecule has 104 valence electrons. The van der Waals surface area contributed by atoms with Gasteiger partial charge in [0.2, 0.25) is 5.91 Å². The number of hydrogen-bond acceptors (Lipinski definition) is 2. The van der Waals surface area contributed by atoms with E-state index in [1.165, 1.54) is 12.1 Å². The summed E-state index contributed by atoms with van der Waals surface area (Å²) in [5.74, 6) is -0.805. The predicted molar refractivity (Wildman–Crippen MR) is 79.7 cm³/mol. The molecular weight excluding hydrogens is 279 g/mol. The number of hydrogen-bond donors (Lipinski definition) is 2. The molecule has 1 amide bonds. The molecule has 0 aliphatic rings. The molecule has 2 N–H and O–H groups in total. The van der Waals surface area contributed by atoms with Crippen LogP contribution in [0.5, 0.6) is 0 Å². The first-order valence-electron chi connectivity index (χ1n) is 6.10. The molecule has 3 nitrogen and oxygen atoms in total. The largest absolute Gasteiger partial charge is 0.375 e. The van der Waals surface area contributed by atoms with Crippen LogP contribution in [0.1, 0.15) is 5.56 Å². The molecule has 2 aromatic carbocycles. The molecule has 2 rings (SSSR count). The lowest BCUT2D eigenvalue weighted by Crippen LogP contribution is -2.22. The summed E-state index contributed by atoms with van der Waals surface area (Å²) in [4.78, 5) is 11.7. The first-order chi connectivity index (χ1) is 9.56. The number of halogens is 2. The van der Waals surface area contributed by atoms with Gasteiger partial charge in [0.25, 0.3) is 0 Å². The number of benzene rings is 2. The third-order valence-electron chi connectivity index (χ3n) is 2.71. The number of nitrogens with one attached hydrogen (secondary N) is 2. The molecule has 0 radical (unpaired) electrons. The highest BCUT2D eigenvalue weighted by atomic mass is 35.5. The standard InChI is InChI=1S/C15H14ClFN2O/c1-10-6-7-13(11(16)8-10)18-9-15(20)19-14-5-3-2-4-12(14)17/h2-8,18H,9H2,1H3,(H,19,20). The Balaban J connectivity index is 1.94. The van der Waals surface area contributed by atoms with Crippen LogP contribution < -0.4 is 10.6 Å². The summed E-state index contributed by atoms with van der Waals surface area (Å²) >= 11 is 6.04. The molecule has 0 unspecified atom stereocenters. The van der Waals surface area contributed by atoms with E-state index in [1.54, 1.807) is 24.3 Å². The van der Waals surface area contributed by atoms with Crippen molar-refractivity contribution in [3.63, 3.8) is 0 Å². The van der Waals surface area contributed by atoms with Gasteiger partial charge in [-0.25, -0.2) is 4.39 Å². The highest BCUT2D eigenvalue weighted by Crippen LogP contribution is 2.22. The van der Waals surface area contributed by atoms with E-state index in [2.05, 4.69) is 10.6 Å². The molecular formula is C15H14ClFN2O. The van der Waals surface area contributed by atoms with E-state index in [4.69, 9.17) is 11.6 Å². The Hall–Kier alpha value is -2.07. The summed E-state index contributed by atoms with van der Waals surface area (Å²) in [6.07, 6.45) is 0. The summed E-state index contributed by atoms with van der Waals surface area (Å²) in [6.45, 7) is 1.94. The van der Waals surface area contributed by atoms with Crippen molar-refractivity contribution in [3.05, 3.63) is 58.9 Å². The quantitative estimate of drug-likeness (QED) is 0.899. The predicted octanol–water partition coefficient (Wildman–Crippen LogP) is 3.84. The SMILES string of the molecule is Cc1ccc(NCC(=O)Nc2ccccc2F)c(Cl)c1. The Labute approximate surface area is 121 Å². The van der Waals surface area contributed by atoms with Crippen molar-refractivity contribution in [2.45, 2.75) is 6.92 Å². The fourth-order valence-corrected chi connectivity index (χ4v) is 2.00. The Kier molecular flexibility index (Phi) is 4.58. The first-order valence-corrected chi connectivity index (χ1v) is 6.48. The minimum atomic E-state index is -0.464. The number of amides is 1.